The number of rotatable bonds is 4. The lowest BCUT2D eigenvalue weighted by atomic mass is 10.1. The summed E-state index contributed by atoms with van der Waals surface area (Å²) in [5.41, 5.74) is 0.684. The van der Waals surface area contributed by atoms with Crippen molar-refractivity contribution in [1.29, 1.82) is 0 Å². The molecule has 0 saturated carbocycles. The van der Waals surface area contributed by atoms with Crippen LogP contribution in [-0.2, 0) is 0 Å². The summed E-state index contributed by atoms with van der Waals surface area (Å²) in [6.45, 7) is 3.75. The van der Waals surface area contributed by atoms with E-state index in [2.05, 4.69) is 6.92 Å². The molecule has 14 heavy (non-hydrogen) atoms. The van der Waals surface area contributed by atoms with Crippen molar-refractivity contribution in [3.8, 4) is 0 Å². The summed E-state index contributed by atoms with van der Waals surface area (Å²) < 4.78 is 12.9. The van der Waals surface area contributed by atoms with Gasteiger partial charge in [0.2, 0.25) is 0 Å². The minimum absolute atomic E-state index is 0.290. The number of thioether (sulfide) groups is 1. The van der Waals surface area contributed by atoms with E-state index in [-0.39, 0.29) is 5.82 Å². The molecule has 1 aromatic carbocycles. The Bertz CT molecular complexity index is 299. The zero-order valence-corrected chi connectivity index (χ0v) is 9.27. The third kappa shape index (κ3) is 3.00. The Morgan fingerprint density at radius 1 is 1.50 bits per heavy atom. The van der Waals surface area contributed by atoms with Crippen molar-refractivity contribution in [3.63, 3.8) is 0 Å². The SMILES string of the molecule is CCCSc1ccc(F)cc1[C@H](C)O. The van der Waals surface area contributed by atoms with Gasteiger partial charge in [0.05, 0.1) is 6.10 Å². The maximum absolute atomic E-state index is 12.9. The molecule has 0 spiro atoms. The zero-order chi connectivity index (χ0) is 10.6. The van der Waals surface area contributed by atoms with Crippen molar-refractivity contribution >= 4 is 11.8 Å². The molecule has 0 amide bonds. The van der Waals surface area contributed by atoms with Gasteiger partial charge in [-0.05, 0) is 42.9 Å². The van der Waals surface area contributed by atoms with Gasteiger partial charge in [-0.25, -0.2) is 4.39 Å². The summed E-state index contributed by atoms with van der Waals surface area (Å²) in [7, 11) is 0. The van der Waals surface area contributed by atoms with Crippen LogP contribution in [0.15, 0.2) is 23.1 Å². The second-order valence-corrected chi connectivity index (χ2v) is 4.34. The minimum atomic E-state index is -0.606. The number of aliphatic hydroxyl groups excluding tert-OH is 1. The normalized spacial score (nSPS) is 12.9. The molecule has 1 rings (SSSR count). The Morgan fingerprint density at radius 3 is 2.79 bits per heavy atom. The smallest absolute Gasteiger partial charge is 0.123 e. The predicted molar refractivity (Wildman–Crippen MR) is 58.0 cm³/mol. The summed E-state index contributed by atoms with van der Waals surface area (Å²) in [5, 5.41) is 9.45. The molecule has 0 aliphatic rings. The lowest BCUT2D eigenvalue weighted by Gasteiger charge is -2.11. The molecule has 0 aromatic heterocycles. The van der Waals surface area contributed by atoms with E-state index >= 15 is 0 Å². The first kappa shape index (κ1) is 11.5. The Hall–Kier alpha value is -0.540. The molecule has 0 aliphatic carbocycles. The maximum Gasteiger partial charge on any atom is 0.123 e. The molecule has 0 unspecified atom stereocenters. The lowest BCUT2D eigenvalue weighted by molar-refractivity contribution is 0.196. The molecule has 0 heterocycles. The van der Waals surface area contributed by atoms with Crippen LogP contribution in [0.3, 0.4) is 0 Å². The van der Waals surface area contributed by atoms with Crippen LogP contribution < -0.4 is 0 Å². The highest BCUT2D eigenvalue weighted by molar-refractivity contribution is 7.99. The Kier molecular flexibility index (Phi) is 4.42. The van der Waals surface area contributed by atoms with Crippen LogP contribution in [0.2, 0.25) is 0 Å². The van der Waals surface area contributed by atoms with Crippen molar-refractivity contribution in [2.24, 2.45) is 0 Å². The fraction of sp³-hybridized carbons (Fsp3) is 0.455. The first-order chi connectivity index (χ1) is 6.65. The van der Waals surface area contributed by atoms with Gasteiger partial charge in [-0.2, -0.15) is 0 Å². The third-order valence-electron chi connectivity index (χ3n) is 1.88. The fourth-order valence-electron chi connectivity index (χ4n) is 1.19. The van der Waals surface area contributed by atoms with Crippen LogP contribution in [0.4, 0.5) is 4.39 Å². The van der Waals surface area contributed by atoms with Gasteiger partial charge < -0.3 is 5.11 Å². The van der Waals surface area contributed by atoms with Crippen molar-refractivity contribution in [3.05, 3.63) is 29.6 Å². The maximum atomic E-state index is 12.9. The van der Waals surface area contributed by atoms with E-state index in [4.69, 9.17) is 0 Å². The zero-order valence-electron chi connectivity index (χ0n) is 8.46. The number of benzene rings is 1. The molecule has 0 fully saturated rings. The van der Waals surface area contributed by atoms with E-state index in [1.165, 1.54) is 12.1 Å². The molecule has 3 heteroatoms. The minimum Gasteiger partial charge on any atom is -0.389 e. The number of halogens is 1. The average molecular weight is 214 g/mol. The Labute approximate surface area is 88.3 Å². The van der Waals surface area contributed by atoms with Gasteiger partial charge in [-0.15, -0.1) is 11.8 Å². The van der Waals surface area contributed by atoms with Crippen molar-refractivity contribution in [2.45, 2.75) is 31.3 Å². The average Bonchev–Trinajstić information content (AvgIpc) is 2.15. The molecular formula is C11H15FOS. The molecule has 1 N–H and O–H groups in total. The Morgan fingerprint density at radius 2 is 2.21 bits per heavy atom. The van der Waals surface area contributed by atoms with Gasteiger partial charge in [0.15, 0.2) is 0 Å². The van der Waals surface area contributed by atoms with E-state index < -0.39 is 6.10 Å². The number of hydrogen-bond acceptors (Lipinski definition) is 2. The standard InChI is InChI=1S/C11H15FOS/c1-3-6-14-11-5-4-9(12)7-10(11)8(2)13/h4-5,7-8,13H,3,6H2,1-2H3/t8-/m0/s1. The molecule has 78 valence electrons. The van der Waals surface area contributed by atoms with Crippen molar-refractivity contribution in [2.75, 3.05) is 5.75 Å². The monoisotopic (exact) mass is 214 g/mol. The van der Waals surface area contributed by atoms with E-state index in [1.54, 1.807) is 24.8 Å². The van der Waals surface area contributed by atoms with Gasteiger partial charge in [0.25, 0.3) is 0 Å². The molecule has 0 bridgehead atoms. The first-order valence-corrected chi connectivity index (χ1v) is 5.74. The van der Waals surface area contributed by atoms with E-state index in [1.807, 2.05) is 0 Å². The van der Waals surface area contributed by atoms with Gasteiger partial charge in [0.1, 0.15) is 5.82 Å². The first-order valence-electron chi connectivity index (χ1n) is 4.75. The van der Waals surface area contributed by atoms with Gasteiger partial charge in [-0.1, -0.05) is 6.92 Å². The van der Waals surface area contributed by atoms with Crippen LogP contribution in [0.1, 0.15) is 31.9 Å². The highest BCUT2D eigenvalue weighted by Gasteiger charge is 2.09. The molecule has 0 radical (unpaired) electrons. The summed E-state index contributed by atoms with van der Waals surface area (Å²) in [6.07, 6.45) is 0.464. The van der Waals surface area contributed by atoms with E-state index in [0.29, 0.717) is 5.56 Å². The molecule has 0 aliphatic heterocycles. The van der Waals surface area contributed by atoms with E-state index in [9.17, 15) is 9.50 Å². The topological polar surface area (TPSA) is 20.2 Å². The van der Waals surface area contributed by atoms with Crippen LogP contribution in [-0.4, -0.2) is 10.9 Å². The van der Waals surface area contributed by atoms with Crippen LogP contribution >= 0.6 is 11.8 Å². The van der Waals surface area contributed by atoms with Gasteiger partial charge in [-0.3, -0.25) is 0 Å². The quantitative estimate of drug-likeness (QED) is 0.775. The molecule has 1 aromatic rings. The van der Waals surface area contributed by atoms with E-state index in [0.717, 1.165) is 17.1 Å². The highest BCUT2D eigenvalue weighted by Crippen LogP contribution is 2.28. The predicted octanol–water partition coefficient (Wildman–Crippen LogP) is 3.38. The Balaban J connectivity index is 2.90. The van der Waals surface area contributed by atoms with Crippen LogP contribution in [0.5, 0.6) is 0 Å². The van der Waals surface area contributed by atoms with Crippen molar-refractivity contribution < 1.29 is 9.50 Å². The van der Waals surface area contributed by atoms with Crippen LogP contribution in [0.25, 0.3) is 0 Å². The molecular weight excluding hydrogens is 199 g/mol. The summed E-state index contributed by atoms with van der Waals surface area (Å²) in [6, 6.07) is 4.57. The third-order valence-corrected chi connectivity index (χ3v) is 3.18. The largest absolute Gasteiger partial charge is 0.389 e. The van der Waals surface area contributed by atoms with Gasteiger partial charge in [0, 0.05) is 4.90 Å². The summed E-state index contributed by atoms with van der Waals surface area (Å²) in [4.78, 5) is 0.975. The molecule has 1 atom stereocenters. The second-order valence-electron chi connectivity index (χ2n) is 3.21. The number of hydrogen-bond donors (Lipinski definition) is 1. The molecule has 1 nitrogen and oxygen atoms in total. The second kappa shape index (κ2) is 5.37. The summed E-state index contributed by atoms with van der Waals surface area (Å²) in [5.74, 6) is 0.701. The number of aliphatic hydroxyl groups is 1. The fourth-order valence-corrected chi connectivity index (χ4v) is 2.17. The lowest BCUT2D eigenvalue weighted by Crippen LogP contribution is -1.95. The summed E-state index contributed by atoms with van der Waals surface area (Å²) >= 11 is 1.66. The van der Waals surface area contributed by atoms with Crippen LogP contribution in [0, 0.1) is 5.82 Å². The van der Waals surface area contributed by atoms with Crippen molar-refractivity contribution in [1.82, 2.24) is 0 Å². The highest BCUT2D eigenvalue weighted by atomic mass is 32.2. The van der Waals surface area contributed by atoms with Gasteiger partial charge >= 0.3 is 0 Å². The molecule has 0 saturated heterocycles.